The number of fused-ring (bicyclic) bond motifs is 2. The van der Waals surface area contributed by atoms with E-state index < -0.39 is 11.7 Å². The molecule has 8 heteroatoms. The molecular formula is C26H30ClF2N3O2. The summed E-state index contributed by atoms with van der Waals surface area (Å²) in [6, 6.07) is 7.91. The van der Waals surface area contributed by atoms with Gasteiger partial charge >= 0.3 is 0 Å². The quantitative estimate of drug-likeness (QED) is 0.467. The lowest BCUT2D eigenvalue weighted by Crippen LogP contribution is -2.49. The summed E-state index contributed by atoms with van der Waals surface area (Å²) in [6.07, 6.45) is 6.63. The maximum absolute atomic E-state index is 14.3. The van der Waals surface area contributed by atoms with Crippen LogP contribution in [0.4, 0.5) is 8.78 Å². The van der Waals surface area contributed by atoms with Crippen LogP contribution in [0.1, 0.15) is 47.7 Å². The maximum Gasteiger partial charge on any atom is 0.249 e. The Balaban J connectivity index is 0.00000274. The SMILES string of the molecule is CC(C1CC1)N(CCCc1c[nH]c2ccc(F)cc12)C1COc2c(F)ccc(C(N)=O)c2C1.Cl. The Bertz CT molecular complexity index is 1190. The molecule has 1 saturated carbocycles. The number of nitrogens with zero attached hydrogens (tertiary/aromatic N) is 1. The minimum Gasteiger partial charge on any atom is -0.489 e. The Morgan fingerprint density at radius 3 is 2.79 bits per heavy atom. The molecule has 5 rings (SSSR count). The average molecular weight is 490 g/mol. The monoisotopic (exact) mass is 489 g/mol. The maximum atomic E-state index is 14.3. The van der Waals surface area contributed by atoms with Gasteiger partial charge in [0, 0.05) is 40.3 Å². The van der Waals surface area contributed by atoms with Gasteiger partial charge in [0.1, 0.15) is 12.4 Å². The van der Waals surface area contributed by atoms with Crippen LogP contribution < -0.4 is 10.5 Å². The largest absolute Gasteiger partial charge is 0.489 e. The second-order valence-corrected chi connectivity index (χ2v) is 9.36. The number of aryl methyl sites for hydroxylation is 1. The van der Waals surface area contributed by atoms with Gasteiger partial charge in [0.15, 0.2) is 11.6 Å². The highest BCUT2D eigenvalue weighted by Crippen LogP contribution is 2.38. The molecule has 1 aromatic heterocycles. The lowest BCUT2D eigenvalue weighted by molar-refractivity contribution is 0.0734. The van der Waals surface area contributed by atoms with Gasteiger partial charge in [0.2, 0.25) is 5.91 Å². The number of amides is 1. The molecule has 1 fully saturated rings. The molecule has 2 heterocycles. The molecule has 2 atom stereocenters. The first-order valence-electron chi connectivity index (χ1n) is 11.7. The van der Waals surface area contributed by atoms with E-state index in [0.29, 0.717) is 36.1 Å². The van der Waals surface area contributed by atoms with E-state index in [1.54, 1.807) is 12.1 Å². The molecule has 2 unspecified atom stereocenters. The third-order valence-electron chi connectivity index (χ3n) is 7.23. The second-order valence-electron chi connectivity index (χ2n) is 9.36. The van der Waals surface area contributed by atoms with E-state index in [9.17, 15) is 13.6 Å². The van der Waals surface area contributed by atoms with Crippen molar-refractivity contribution in [1.29, 1.82) is 0 Å². The van der Waals surface area contributed by atoms with Crippen LogP contribution in [0.3, 0.4) is 0 Å². The number of nitrogens with one attached hydrogen (secondary N) is 1. The topological polar surface area (TPSA) is 71.3 Å². The summed E-state index contributed by atoms with van der Waals surface area (Å²) >= 11 is 0. The lowest BCUT2D eigenvalue weighted by atomic mass is 9.94. The van der Waals surface area contributed by atoms with Crippen molar-refractivity contribution in [2.75, 3.05) is 13.2 Å². The summed E-state index contributed by atoms with van der Waals surface area (Å²) < 4.78 is 33.9. The Hall–Kier alpha value is -2.64. The van der Waals surface area contributed by atoms with Gasteiger partial charge in [-0.3, -0.25) is 9.69 Å². The third-order valence-corrected chi connectivity index (χ3v) is 7.23. The van der Waals surface area contributed by atoms with Gasteiger partial charge in [-0.05, 0) is 87.4 Å². The fourth-order valence-corrected chi connectivity index (χ4v) is 5.25. The molecule has 0 spiro atoms. The van der Waals surface area contributed by atoms with Gasteiger partial charge in [0.05, 0.1) is 0 Å². The molecule has 34 heavy (non-hydrogen) atoms. The third kappa shape index (κ3) is 4.77. The molecular weight excluding hydrogens is 460 g/mol. The van der Waals surface area contributed by atoms with Crippen LogP contribution in [0.25, 0.3) is 10.9 Å². The van der Waals surface area contributed by atoms with Crippen LogP contribution in [0.15, 0.2) is 36.5 Å². The first kappa shape index (κ1) is 24.5. The molecule has 3 N–H and O–H groups in total. The summed E-state index contributed by atoms with van der Waals surface area (Å²) in [5.41, 5.74) is 8.50. The first-order chi connectivity index (χ1) is 15.9. The summed E-state index contributed by atoms with van der Waals surface area (Å²) in [4.78, 5) is 17.6. The number of hydrogen-bond acceptors (Lipinski definition) is 3. The zero-order chi connectivity index (χ0) is 23.1. The van der Waals surface area contributed by atoms with Crippen molar-refractivity contribution in [3.8, 4) is 5.75 Å². The fraction of sp³-hybridized carbons (Fsp3) is 0.423. The number of hydrogen-bond donors (Lipinski definition) is 2. The molecule has 1 aliphatic carbocycles. The Morgan fingerprint density at radius 1 is 1.26 bits per heavy atom. The Labute approximate surface area is 204 Å². The van der Waals surface area contributed by atoms with Crippen molar-refractivity contribution >= 4 is 29.2 Å². The van der Waals surface area contributed by atoms with Crippen LogP contribution in [-0.4, -0.2) is 41.0 Å². The van der Waals surface area contributed by atoms with Crippen molar-refractivity contribution in [3.05, 3.63) is 64.9 Å². The number of halogens is 3. The van der Waals surface area contributed by atoms with E-state index in [0.717, 1.165) is 35.9 Å². The molecule has 3 aromatic rings. The Morgan fingerprint density at radius 2 is 2.06 bits per heavy atom. The highest BCUT2D eigenvalue weighted by molar-refractivity contribution is 5.95. The molecule has 182 valence electrons. The number of nitrogens with two attached hydrogens (primary N) is 1. The summed E-state index contributed by atoms with van der Waals surface area (Å²) in [6.45, 7) is 3.46. The molecule has 0 bridgehead atoms. The van der Waals surface area contributed by atoms with Crippen LogP contribution in [0.5, 0.6) is 5.75 Å². The van der Waals surface area contributed by atoms with E-state index in [4.69, 9.17) is 10.5 Å². The number of primary amides is 1. The zero-order valence-electron chi connectivity index (χ0n) is 19.2. The molecule has 0 radical (unpaired) electrons. The minimum atomic E-state index is -0.566. The number of rotatable bonds is 8. The van der Waals surface area contributed by atoms with Crippen molar-refractivity contribution in [1.82, 2.24) is 9.88 Å². The van der Waals surface area contributed by atoms with Crippen LogP contribution in [0, 0.1) is 17.6 Å². The van der Waals surface area contributed by atoms with E-state index in [1.165, 1.54) is 31.0 Å². The van der Waals surface area contributed by atoms with Crippen LogP contribution >= 0.6 is 12.4 Å². The number of H-pyrrole nitrogens is 1. The lowest BCUT2D eigenvalue weighted by Gasteiger charge is -2.39. The van der Waals surface area contributed by atoms with Crippen LogP contribution in [0.2, 0.25) is 0 Å². The molecule has 0 saturated heterocycles. The number of ether oxygens (including phenoxy) is 1. The standard InChI is InChI=1S/C26H29F2N3O2.ClH/c1-15(16-4-5-16)31(10-2-3-17-13-30-24-9-6-18(27)11-21(17)24)19-12-22-20(26(29)32)7-8-23(28)25(22)33-14-19;/h6-9,11,13,15-16,19,30H,2-5,10,12,14H2,1H3,(H2,29,32);1H. The number of carbonyl (C=O) groups excluding carboxylic acids is 1. The van der Waals surface area contributed by atoms with Gasteiger partial charge in [0.25, 0.3) is 0 Å². The number of carbonyl (C=O) groups is 1. The number of aromatic amines is 1. The smallest absolute Gasteiger partial charge is 0.249 e. The van der Waals surface area contributed by atoms with Gasteiger partial charge in [-0.25, -0.2) is 8.78 Å². The summed E-state index contributed by atoms with van der Waals surface area (Å²) in [7, 11) is 0. The average Bonchev–Trinajstić information content (AvgIpc) is 3.58. The number of benzene rings is 2. The van der Waals surface area contributed by atoms with Crippen molar-refractivity contribution < 1.29 is 18.3 Å². The van der Waals surface area contributed by atoms with Crippen molar-refractivity contribution in [3.63, 3.8) is 0 Å². The predicted molar refractivity (Wildman–Crippen MR) is 131 cm³/mol. The van der Waals surface area contributed by atoms with Crippen LogP contribution in [-0.2, 0) is 12.8 Å². The zero-order valence-corrected chi connectivity index (χ0v) is 20.0. The Kier molecular flexibility index (Phi) is 7.14. The molecule has 2 aliphatic rings. The normalized spacial score (nSPS) is 18.3. The van der Waals surface area contributed by atoms with E-state index in [1.807, 2.05) is 6.20 Å². The van der Waals surface area contributed by atoms with Crippen molar-refractivity contribution in [2.45, 2.75) is 51.1 Å². The summed E-state index contributed by atoms with van der Waals surface area (Å²) in [5, 5.41) is 0.924. The van der Waals surface area contributed by atoms with Gasteiger partial charge < -0.3 is 15.5 Å². The molecule has 1 amide bonds. The highest BCUT2D eigenvalue weighted by atomic mass is 35.5. The van der Waals surface area contributed by atoms with E-state index in [2.05, 4.69) is 16.8 Å². The first-order valence-corrected chi connectivity index (χ1v) is 11.7. The van der Waals surface area contributed by atoms with Crippen molar-refractivity contribution in [2.24, 2.45) is 11.7 Å². The molecule has 5 nitrogen and oxygen atoms in total. The van der Waals surface area contributed by atoms with E-state index >= 15 is 0 Å². The molecule has 2 aromatic carbocycles. The summed E-state index contributed by atoms with van der Waals surface area (Å²) in [5.74, 6) is -0.451. The van der Waals surface area contributed by atoms with E-state index in [-0.39, 0.29) is 30.0 Å². The predicted octanol–water partition coefficient (Wildman–Crippen LogP) is 5.00. The second kappa shape index (κ2) is 9.92. The van der Waals surface area contributed by atoms with Gasteiger partial charge in [-0.2, -0.15) is 0 Å². The van der Waals surface area contributed by atoms with Gasteiger partial charge in [-0.15, -0.1) is 12.4 Å². The fourth-order valence-electron chi connectivity index (χ4n) is 5.25. The highest BCUT2D eigenvalue weighted by Gasteiger charge is 2.37. The number of aromatic nitrogens is 1. The molecule has 1 aliphatic heterocycles. The van der Waals surface area contributed by atoms with Gasteiger partial charge in [-0.1, -0.05) is 0 Å². The minimum absolute atomic E-state index is 0.